The van der Waals surface area contributed by atoms with Gasteiger partial charge in [0.25, 0.3) is 0 Å². The summed E-state index contributed by atoms with van der Waals surface area (Å²) in [6.07, 6.45) is 19.7. The van der Waals surface area contributed by atoms with Crippen molar-refractivity contribution < 1.29 is 0 Å². The van der Waals surface area contributed by atoms with Crippen molar-refractivity contribution in [2.75, 3.05) is 0 Å². The van der Waals surface area contributed by atoms with Crippen molar-refractivity contribution in [2.24, 2.45) is 0 Å². The molecule has 1 radical (unpaired) electrons. The van der Waals surface area contributed by atoms with E-state index < -0.39 is 0 Å². The van der Waals surface area contributed by atoms with Gasteiger partial charge in [-0.3, -0.25) is 0 Å². The molecule has 0 amide bonds. The molecule has 0 aliphatic heterocycles. The highest BCUT2D eigenvalue weighted by atomic mass is 14.0. The fourth-order valence-corrected chi connectivity index (χ4v) is 1.80. The molecule has 0 aliphatic carbocycles. The molecular weight excluding hydrogens is 192 g/mol. The molecule has 0 nitrogen and oxygen atoms in total. The summed E-state index contributed by atoms with van der Waals surface area (Å²) in [6, 6.07) is 0. The van der Waals surface area contributed by atoms with Gasteiger partial charge < -0.3 is 0 Å². The molecule has 0 saturated heterocycles. The zero-order valence-corrected chi connectivity index (χ0v) is 11.5. The fraction of sp³-hybridized carbons (Fsp3) is 0.750. The Labute approximate surface area is 103 Å². The first kappa shape index (κ1) is 15.5. The van der Waals surface area contributed by atoms with Crippen molar-refractivity contribution >= 4 is 0 Å². The van der Waals surface area contributed by atoms with E-state index in [1.165, 1.54) is 50.5 Å². The molecule has 16 heavy (non-hydrogen) atoms. The van der Waals surface area contributed by atoms with Crippen LogP contribution in [0.15, 0.2) is 17.7 Å². The van der Waals surface area contributed by atoms with Crippen LogP contribution in [-0.2, 0) is 0 Å². The van der Waals surface area contributed by atoms with Crippen LogP contribution in [0, 0.1) is 6.08 Å². The van der Waals surface area contributed by atoms with Crippen LogP contribution in [0.25, 0.3) is 0 Å². The van der Waals surface area contributed by atoms with E-state index in [0.29, 0.717) is 0 Å². The predicted molar refractivity (Wildman–Crippen MR) is 74.5 cm³/mol. The Bertz CT molecular complexity index is 186. The average Bonchev–Trinajstić information content (AvgIpc) is 2.31. The predicted octanol–water partition coefficient (Wildman–Crippen LogP) is 5.84. The Hall–Kier alpha value is -0.520. The van der Waals surface area contributed by atoms with Crippen molar-refractivity contribution in [3.8, 4) is 0 Å². The standard InChI is InChI=1S/C16H29/c1-4-7-8-9-10-11-12-13-15-16(6-3)14-5-2/h13,15H,4-12H2,1-3H3/b15-13+,16-14?. The lowest BCUT2D eigenvalue weighted by molar-refractivity contribution is 0.611. The summed E-state index contributed by atoms with van der Waals surface area (Å²) in [5.41, 5.74) is 1.37. The summed E-state index contributed by atoms with van der Waals surface area (Å²) < 4.78 is 0. The van der Waals surface area contributed by atoms with E-state index >= 15 is 0 Å². The molecule has 0 heterocycles. The van der Waals surface area contributed by atoms with E-state index in [4.69, 9.17) is 0 Å². The second kappa shape index (κ2) is 12.5. The van der Waals surface area contributed by atoms with E-state index in [1.54, 1.807) is 0 Å². The van der Waals surface area contributed by atoms with Gasteiger partial charge in [0.15, 0.2) is 0 Å². The summed E-state index contributed by atoms with van der Waals surface area (Å²) >= 11 is 0. The first-order chi connectivity index (χ1) is 7.85. The lowest BCUT2D eigenvalue weighted by Gasteiger charge is -1.98. The van der Waals surface area contributed by atoms with Crippen LogP contribution in [0.2, 0.25) is 0 Å². The maximum atomic E-state index is 3.38. The lowest BCUT2D eigenvalue weighted by atomic mass is 10.1. The molecule has 0 N–H and O–H groups in total. The Morgan fingerprint density at radius 3 is 2.25 bits per heavy atom. The van der Waals surface area contributed by atoms with Crippen LogP contribution >= 0.6 is 0 Å². The minimum Gasteiger partial charge on any atom is -0.0843 e. The van der Waals surface area contributed by atoms with E-state index in [9.17, 15) is 0 Å². The molecule has 0 rings (SSSR count). The molecule has 0 heteroatoms. The van der Waals surface area contributed by atoms with Gasteiger partial charge in [-0.15, -0.1) is 0 Å². The largest absolute Gasteiger partial charge is 0.0843 e. The summed E-state index contributed by atoms with van der Waals surface area (Å²) in [7, 11) is 0. The van der Waals surface area contributed by atoms with Crippen LogP contribution < -0.4 is 0 Å². The highest BCUT2D eigenvalue weighted by Crippen LogP contribution is 2.09. The maximum Gasteiger partial charge on any atom is -0.0302 e. The number of rotatable bonds is 10. The van der Waals surface area contributed by atoms with Crippen molar-refractivity contribution in [1.29, 1.82) is 0 Å². The van der Waals surface area contributed by atoms with Gasteiger partial charge >= 0.3 is 0 Å². The van der Waals surface area contributed by atoms with Gasteiger partial charge in [0, 0.05) is 0 Å². The third-order valence-electron chi connectivity index (χ3n) is 2.83. The topological polar surface area (TPSA) is 0 Å². The third-order valence-corrected chi connectivity index (χ3v) is 2.83. The summed E-state index contributed by atoms with van der Waals surface area (Å²) in [5.74, 6) is 0. The minimum atomic E-state index is 1.03. The number of unbranched alkanes of at least 4 members (excludes halogenated alkanes) is 6. The minimum absolute atomic E-state index is 1.03. The molecule has 0 aromatic rings. The van der Waals surface area contributed by atoms with E-state index in [-0.39, 0.29) is 0 Å². The maximum absolute atomic E-state index is 3.38. The van der Waals surface area contributed by atoms with E-state index in [2.05, 4.69) is 39.0 Å². The quantitative estimate of drug-likeness (QED) is 0.321. The van der Waals surface area contributed by atoms with Gasteiger partial charge in [-0.1, -0.05) is 65.0 Å². The van der Waals surface area contributed by atoms with E-state index in [0.717, 1.165) is 12.8 Å². The number of hydrogen-bond acceptors (Lipinski definition) is 0. The Morgan fingerprint density at radius 1 is 0.938 bits per heavy atom. The summed E-state index contributed by atoms with van der Waals surface area (Å²) in [6.45, 7) is 6.62. The fourth-order valence-electron chi connectivity index (χ4n) is 1.80. The van der Waals surface area contributed by atoms with Crippen LogP contribution in [0.5, 0.6) is 0 Å². The monoisotopic (exact) mass is 221 g/mol. The van der Waals surface area contributed by atoms with Gasteiger partial charge in [-0.25, -0.2) is 0 Å². The van der Waals surface area contributed by atoms with Gasteiger partial charge in [0.05, 0.1) is 0 Å². The summed E-state index contributed by atoms with van der Waals surface area (Å²) in [5, 5.41) is 0. The number of hydrogen-bond donors (Lipinski definition) is 0. The van der Waals surface area contributed by atoms with Crippen LogP contribution in [0.3, 0.4) is 0 Å². The molecule has 0 fully saturated rings. The van der Waals surface area contributed by atoms with Crippen LogP contribution in [-0.4, -0.2) is 0 Å². The highest BCUT2D eigenvalue weighted by Gasteiger charge is 1.89. The molecule has 0 bridgehead atoms. The molecule has 0 aromatic carbocycles. The molecule has 0 saturated carbocycles. The van der Waals surface area contributed by atoms with Gasteiger partial charge in [-0.2, -0.15) is 0 Å². The third kappa shape index (κ3) is 10.0. The van der Waals surface area contributed by atoms with Gasteiger partial charge in [0.1, 0.15) is 0 Å². The lowest BCUT2D eigenvalue weighted by Crippen LogP contribution is -1.79. The van der Waals surface area contributed by atoms with Crippen molar-refractivity contribution in [1.82, 2.24) is 0 Å². The molecule has 93 valence electrons. The zero-order chi connectivity index (χ0) is 12.1. The van der Waals surface area contributed by atoms with Gasteiger partial charge in [0.2, 0.25) is 0 Å². The smallest absolute Gasteiger partial charge is 0.0302 e. The first-order valence-electron chi connectivity index (χ1n) is 7.11. The van der Waals surface area contributed by atoms with E-state index in [1.807, 2.05) is 0 Å². The van der Waals surface area contributed by atoms with Crippen molar-refractivity contribution in [3.63, 3.8) is 0 Å². The molecule has 0 aliphatic rings. The SMILES string of the molecule is CC/[C]=C(\C=C\CCCCCCCC)CC. The second-order valence-corrected chi connectivity index (χ2v) is 4.37. The number of allylic oxidation sites excluding steroid dienone is 4. The molecule has 0 atom stereocenters. The Balaban J connectivity index is 3.42. The Morgan fingerprint density at radius 2 is 1.62 bits per heavy atom. The van der Waals surface area contributed by atoms with Gasteiger partial charge in [-0.05, 0) is 37.3 Å². The average molecular weight is 221 g/mol. The molecular formula is C16H29. The molecule has 0 spiro atoms. The molecule has 0 unspecified atom stereocenters. The molecule has 0 aromatic heterocycles. The normalized spacial score (nSPS) is 12.6. The zero-order valence-electron chi connectivity index (χ0n) is 11.5. The Kier molecular flexibility index (Phi) is 12.1. The van der Waals surface area contributed by atoms with Crippen molar-refractivity contribution in [2.45, 2.75) is 78.6 Å². The van der Waals surface area contributed by atoms with Crippen LogP contribution in [0.4, 0.5) is 0 Å². The van der Waals surface area contributed by atoms with Crippen LogP contribution in [0.1, 0.15) is 78.6 Å². The first-order valence-corrected chi connectivity index (χ1v) is 7.11. The highest BCUT2D eigenvalue weighted by molar-refractivity contribution is 5.14. The van der Waals surface area contributed by atoms with Crippen molar-refractivity contribution in [3.05, 3.63) is 23.8 Å². The summed E-state index contributed by atoms with van der Waals surface area (Å²) in [4.78, 5) is 0. The second-order valence-electron chi connectivity index (χ2n) is 4.37.